The van der Waals surface area contributed by atoms with Crippen molar-refractivity contribution in [2.24, 2.45) is 0 Å². The molecule has 21 heavy (non-hydrogen) atoms. The minimum Gasteiger partial charge on any atom is -0.476 e. The van der Waals surface area contributed by atoms with Gasteiger partial charge in [0.2, 0.25) is 10.0 Å². The van der Waals surface area contributed by atoms with Gasteiger partial charge in [-0.15, -0.1) is 11.3 Å². The summed E-state index contributed by atoms with van der Waals surface area (Å²) < 4.78 is 26.3. The lowest BCUT2D eigenvalue weighted by atomic mass is 10.2. The number of carboxylic acids is 1. The highest BCUT2D eigenvalue weighted by Gasteiger charge is 2.19. The maximum Gasteiger partial charge on any atom is 0.357 e. The number of carbonyl (C=O) groups is 1. The molecule has 0 amide bonds. The van der Waals surface area contributed by atoms with Crippen LogP contribution in [0.4, 0.5) is 5.00 Å². The van der Waals surface area contributed by atoms with Crippen LogP contribution in [0.1, 0.15) is 16.1 Å². The number of hydrogen-bond acceptors (Lipinski definition) is 5. The van der Waals surface area contributed by atoms with E-state index in [0.717, 1.165) is 11.3 Å². The van der Waals surface area contributed by atoms with Crippen molar-refractivity contribution in [1.29, 1.82) is 0 Å². The molecule has 0 saturated carbocycles. The third-order valence-corrected chi connectivity index (χ3v) is 4.83. The van der Waals surface area contributed by atoms with Crippen LogP contribution in [-0.2, 0) is 15.8 Å². The summed E-state index contributed by atoms with van der Waals surface area (Å²) in [5.41, 5.74) is 1.30. The molecule has 0 aliphatic carbocycles. The average molecular weight is 367 g/mol. The number of sulfonamides is 1. The van der Waals surface area contributed by atoms with Crippen molar-refractivity contribution >= 4 is 55.5 Å². The van der Waals surface area contributed by atoms with Crippen molar-refractivity contribution in [2.75, 3.05) is 4.72 Å². The highest BCUT2D eigenvalue weighted by Crippen LogP contribution is 2.24. The highest BCUT2D eigenvalue weighted by atomic mass is 35.5. The van der Waals surface area contributed by atoms with E-state index in [4.69, 9.17) is 28.3 Å². The van der Waals surface area contributed by atoms with Gasteiger partial charge in [0.15, 0.2) is 5.69 Å². The SMILES string of the molecule is O=C(O)c1ncsc1NS(=O)(=O)Cc1cc(Cl)cc(Cl)c1. The number of anilines is 1. The number of nitrogens with one attached hydrogen (secondary N) is 1. The summed E-state index contributed by atoms with van der Waals surface area (Å²) in [4.78, 5) is 14.5. The van der Waals surface area contributed by atoms with Crippen LogP contribution in [0, 0.1) is 0 Å². The quantitative estimate of drug-likeness (QED) is 0.847. The van der Waals surface area contributed by atoms with Gasteiger partial charge in [0, 0.05) is 10.0 Å². The van der Waals surface area contributed by atoms with Gasteiger partial charge in [0.25, 0.3) is 0 Å². The minimum absolute atomic E-state index is 0.0457. The van der Waals surface area contributed by atoms with E-state index in [0.29, 0.717) is 15.6 Å². The molecule has 1 heterocycles. The summed E-state index contributed by atoms with van der Waals surface area (Å²) in [5.74, 6) is -1.69. The number of carboxylic acid groups (broad SMARTS) is 1. The Morgan fingerprint density at radius 3 is 2.48 bits per heavy atom. The lowest BCUT2D eigenvalue weighted by Crippen LogP contribution is -2.16. The topological polar surface area (TPSA) is 96.4 Å². The van der Waals surface area contributed by atoms with Gasteiger partial charge in [-0.1, -0.05) is 23.2 Å². The number of thiazole rings is 1. The van der Waals surface area contributed by atoms with Gasteiger partial charge in [-0.05, 0) is 23.8 Å². The van der Waals surface area contributed by atoms with E-state index in [9.17, 15) is 13.2 Å². The summed E-state index contributed by atoms with van der Waals surface area (Å²) in [6.45, 7) is 0. The van der Waals surface area contributed by atoms with Crippen molar-refractivity contribution in [2.45, 2.75) is 5.75 Å². The average Bonchev–Trinajstić information content (AvgIpc) is 2.73. The number of aromatic nitrogens is 1. The zero-order valence-electron chi connectivity index (χ0n) is 10.2. The van der Waals surface area contributed by atoms with Gasteiger partial charge in [-0.3, -0.25) is 4.72 Å². The van der Waals surface area contributed by atoms with Crippen LogP contribution < -0.4 is 4.72 Å². The van der Waals surface area contributed by atoms with Crippen molar-refractivity contribution in [3.63, 3.8) is 0 Å². The molecule has 10 heteroatoms. The van der Waals surface area contributed by atoms with Crippen LogP contribution in [0.25, 0.3) is 0 Å². The zero-order valence-corrected chi connectivity index (χ0v) is 13.4. The first kappa shape index (κ1) is 16.0. The first-order valence-electron chi connectivity index (χ1n) is 5.39. The molecule has 0 fully saturated rings. The summed E-state index contributed by atoms with van der Waals surface area (Å²) in [5, 5.41) is 9.48. The molecular weight excluding hydrogens is 359 g/mol. The van der Waals surface area contributed by atoms with Gasteiger partial charge in [-0.2, -0.15) is 0 Å². The fourth-order valence-electron chi connectivity index (χ4n) is 1.56. The lowest BCUT2D eigenvalue weighted by molar-refractivity contribution is 0.0692. The molecule has 6 nitrogen and oxygen atoms in total. The predicted molar refractivity (Wildman–Crippen MR) is 81.8 cm³/mol. The number of halogens is 2. The van der Waals surface area contributed by atoms with Gasteiger partial charge in [-0.25, -0.2) is 18.2 Å². The number of hydrogen-bond donors (Lipinski definition) is 2. The molecule has 112 valence electrons. The van der Waals surface area contributed by atoms with E-state index in [1.54, 1.807) is 0 Å². The normalized spacial score (nSPS) is 11.3. The standard InChI is InChI=1S/C11H8Cl2N2O4S2/c12-7-1-6(2-8(13)3-7)4-21(18,19)15-10-9(11(16)17)14-5-20-10/h1-3,5,15H,4H2,(H,16,17). The Hall–Kier alpha value is -1.35. The largest absolute Gasteiger partial charge is 0.476 e. The van der Waals surface area contributed by atoms with E-state index in [1.165, 1.54) is 23.7 Å². The first-order chi connectivity index (χ1) is 9.77. The van der Waals surface area contributed by atoms with Gasteiger partial charge >= 0.3 is 5.97 Å². The highest BCUT2D eigenvalue weighted by molar-refractivity contribution is 7.92. The van der Waals surface area contributed by atoms with Crippen LogP contribution in [0.15, 0.2) is 23.7 Å². The molecule has 0 unspecified atom stereocenters. The molecule has 0 aliphatic rings. The summed E-state index contributed by atoms with van der Waals surface area (Å²) in [6.07, 6.45) is 0. The zero-order chi connectivity index (χ0) is 15.6. The molecule has 0 saturated heterocycles. The predicted octanol–water partition coefficient (Wildman–Crippen LogP) is 3.09. The van der Waals surface area contributed by atoms with Crippen molar-refractivity contribution in [1.82, 2.24) is 4.98 Å². The second-order valence-corrected chi connectivity index (χ2v) is 7.42. The van der Waals surface area contributed by atoms with Crippen LogP contribution in [0.2, 0.25) is 10.0 Å². The number of benzene rings is 1. The molecule has 1 aromatic carbocycles. The molecule has 0 atom stereocenters. The molecule has 2 N–H and O–H groups in total. The van der Waals surface area contributed by atoms with E-state index < -0.39 is 16.0 Å². The van der Waals surface area contributed by atoms with Crippen LogP contribution in [-0.4, -0.2) is 24.5 Å². The molecule has 0 bridgehead atoms. The second-order valence-electron chi connectivity index (χ2n) is 3.97. The van der Waals surface area contributed by atoms with E-state index in [2.05, 4.69) is 9.71 Å². The Morgan fingerprint density at radius 2 is 1.90 bits per heavy atom. The smallest absolute Gasteiger partial charge is 0.357 e. The molecule has 1 aromatic heterocycles. The van der Waals surface area contributed by atoms with E-state index in [-0.39, 0.29) is 16.4 Å². The van der Waals surface area contributed by atoms with Crippen molar-refractivity contribution < 1.29 is 18.3 Å². The van der Waals surface area contributed by atoms with Crippen molar-refractivity contribution in [3.05, 3.63) is 45.0 Å². The molecule has 2 aromatic rings. The van der Waals surface area contributed by atoms with E-state index >= 15 is 0 Å². The number of aromatic carboxylic acids is 1. The van der Waals surface area contributed by atoms with Gasteiger partial charge in [0.05, 0.1) is 11.3 Å². The third kappa shape index (κ3) is 4.31. The Labute approximate surface area is 134 Å². The Balaban J connectivity index is 2.22. The lowest BCUT2D eigenvalue weighted by Gasteiger charge is -2.07. The Morgan fingerprint density at radius 1 is 1.29 bits per heavy atom. The van der Waals surface area contributed by atoms with Crippen LogP contribution >= 0.6 is 34.5 Å². The van der Waals surface area contributed by atoms with Crippen LogP contribution in [0.3, 0.4) is 0 Å². The summed E-state index contributed by atoms with van der Waals surface area (Å²) >= 11 is 12.5. The third-order valence-electron chi connectivity index (χ3n) is 2.30. The fraction of sp³-hybridized carbons (Fsp3) is 0.0909. The van der Waals surface area contributed by atoms with Crippen molar-refractivity contribution in [3.8, 4) is 0 Å². The molecule has 0 spiro atoms. The molecule has 0 aliphatic heterocycles. The maximum absolute atomic E-state index is 12.1. The molecular formula is C11H8Cl2N2O4S2. The van der Waals surface area contributed by atoms with Gasteiger partial charge < -0.3 is 5.11 Å². The fourth-order valence-corrected chi connectivity index (χ4v) is 4.28. The second kappa shape index (κ2) is 6.18. The molecule has 2 rings (SSSR count). The molecule has 0 radical (unpaired) electrons. The Bertz CT molecular complexity index is 769. The first-order valence-corrected chi connectivity index (χ1v) is 8.68. The summed E-state index contributed by atoms with van der Waals surface area (Å²) in [6, 6.07) is 4.42. The number of rotatable bonds is 5. The summed E-state index contributed by atoms with van der Waals surface area (Å²) in [7, 11) is -3.81. The monoisotopic (exact) mass is 366 g/mol. The minimum atomic E-state index is -3.81. The number of nitrogens with zero attached hydrogens (tertiary/aromatic N) is 1. The van der Waals surface area contributed by atoms with E-state index in [1.807, 2.05) is 0 Å². The maximum atomic E-state index is 12.1. The van der Waals surface area contributed by atoms with Crippen LogP contribution in [0.5, 0.6) is 0 Å². The Kier molecular flexibility index (Phi) is 4.72. The van der Waals surface area contributed by atoms with Gasteiger partial charge in [0.1, 0.15) is 5.00 Å².